The summed E-state index contributed by atoms with van der Waals surface area (Å²) in [6.45, 7) is 0.132. The molecule has 0 radical (unpaired) electrons. The number of anilines is 1. The maximum atomic E-state index is 12.0. The summed E-state index contributed by atoms with van der Waals surface area (Å²) in [5, 5.41) is 0.493. The van der Waals surface area contributed by atoms with Crippen molar-refractivity contribution in [1.29, 1.82) is 0 Å². The molecule has 1 heterocycles. The Morgan fingerprint density at radius 2 is 2.11 bits per heavy atom. The van der Waals surface area contributed by atoms with Gasteiger partial charge in [0.2, 0.25) is 5.95 Å². The van der Waals surface area contributed by atoms with E-state index in [2.05, 4.69) is 4.98 Å². The molecule has 0 aliphatic heterocycles. The first kappa shape index (κ1) is 13.4. The third-order valence-corrected chi connectivity index (χ3v) is 3.27. The Morgan fingerprint density at radius 3 is 2.78 bits per heavy atom. The first-order valence-corrected chi connectivity index (χ1v) is 6.35. The lowest BCUT2D eigenvalue weighted by Gasteiger charge is -2.08. The van der Waals surface area contributed by atoms with Crippen molar-refractivity contribution in [2.24, 2.45) is 0 Å². The van der Waals surface area contributed by atoms with Crippen LogP contribution in [0, 0.1) is 0 Å². The predicted molar refractivity (Wildman–Crippen MR) is 67.7 cm³/mol. The number of alkyl halides is 3. The van der Waals surface area contributed by atoms with E-state index < -0.39 is 5.51 Å². The molecule has 0 unspecified atom stereocenters. The van der Waals surface area contributed by atoms with E-state index in [0.29, 0.717) is 16.1 Å². The molecule has 0 aliphatic rings. The van der Waals surface area contributed by atoms with Gasteiger partial charge >= 0.3 is 5.51 Å². The van der Waals surface area contributed by atoms with Crippen molar-refractivity contribution >= 4 is 40.3 Å². The zero-order valence-corrected chi connectivity index (χ0v) is 10.6. The number of benzene rings is 1. The lowest BCUT2D eigenvalue weighted by atomic mass is 10.3. The second kappa shape index (κ2) is 4.89. The molecule has 0 amide bonds. The standard InChI is InChI=1S/C10H9ClF3N3S/c11-6-1-2-7-8(5-6)17(9(15)16-7)3-4-18-10(12,13)14/h1-2,5H,3-4H2,(H2,15,16). The van der Waals surface area contributed by atoms with E-state index in [9.17, 15) is 13.2 Å². The Bertz CT molecular complexity index is 567. The molecule has 0 fully saturated rings. The van der Waals surface area contributed by atoms with Gasteiger partial charge in [-0.15, -0.1) is 0 Å². The van der Waals surface area contributed by atoms with Crippen LogP contribution in [0.3, 0.4) is 0 Å². The van der Waals surface area contributed by atoms with E-state index in [1.165, 1.54) is 4.57 Å². The van der Waals surface area contributed by atoms with Gasteiger partial charge in [0.05, 0.1) is 11.0 Å². The Balaban J connectivity index is 2.22. The molecular weight excluding hydrogens is 287 g/mol. The van der Waals surface area contributed by atoms with Crippen molar-refractivity contribution in [3.63, 3.8) is 0 Å². The minimum atomic E-state index is -4.23. The van der Waals surface area contributed by atoms with Gasteiger partial charge in [-0.25, -0.2) is 4.98 Å². The summed E-state index contributed by atoms with van der Waals surface area (Å²) < 4.78 is 37.7. The molecule has 0 saturated carbocycles. The summed E-state index contributed by atoms with van der Waals surface area (Å²) >= 11 is 5.76. The Labute approximate surface area is 110 Å². The summed E-state index contributed by atoms with van der Waals surface area (Å²) in [6, 6.07) is 4.98. The number of fused-ring (bicyclic) bond motifs is 1. The van der Waals surface area contributed by atoms with Gasteiger partial charge in [-0.2, -0.15) is 13.2 Å². The summed E-state index contributed by atoms with van der Waals surface area (Å²) in [4.78, 5) is 4.06. The van der Waals surface area contributed by atoms with Crippen molar-refractivity contribution in [1.82, 2.24) is 9.55 Å². The number of hydrogen-bond acceptors (Lipinski definition) is 3. The minimum Gasteiger partial charge on any atom is -0.369 e. The van der Waals surface area contributed by atoms with Gasteiger partial charge in [-0.1, -0.05) is 11.6 Å². The number of rotatable bonds is 3. The smallest absolute Gasteiger partial charge is 0.369 e. The van der Waals surface area contributed by atoms with Gasteiger partial charge < -0.3 is 10.3 Å². The lowest BCUT2D eigenvalue weighted by Crippen LogP contribution is -2.09. The average Bonchev–Trinajstić information content (AvgIpc) is 2.54. The highest BCUT2D eigenvalue weighted by Crippen LogP contribution is 2.31. The third-order valence-electron chi connectivity index (χ3n) is 2.32. The van der Waals surface area contributed by atoms with E-state index in [-0.39, 0.29) is 30.0 Å². The normalized spacial score (nSPS) is 12.2. The van der Waals surface area contributed by atoms with Crippen LogP contribution < -0.4 is 5.73 Å². The highest BCUT2D eigenvalue weighted by atomic mass is 35.5. The highest BCUT2D eigenvalue weighted by molar-refractivity contribution is 8.00. The van der Waals surface area contributed by atoms with E-state index in [1.54, 1.807) is 18.2 Å². The van der Waals surface area contributed by atoms with E-state index in [4.69, 9.17) is 17.3 Å². The molecule has 2 aromatic rings. The van der Waals surface area contributed by atoms with Crippen LogP contribution in [-0.4, -0.2) is 20.8 Å². The van der Waals surface area contributed by atoms with Crippen LogP contribution in [0.4, 0.5) is 19.1 Å². The summed E-state index contributed by atoms with van der Waals surface area (Å²) in [6.07, 6.45) is 0. The van der Waals surface area contributed by atoms with E-state index >= 15 is 0 Å². The first-order valence-electron chi connectivity index (χ1n) is 4.99. The van der Waals surface area contributed by atoms with E-state index in [1.807, 2.05) is 0 Å². The predicted octanol–water partition coefficient (Wildman–Crippen LogP) is 3.52. The number of hydrogen-bond donors (Lipinski definition) is 1. The SMILES string of the molecule is Nc1nc2ccc(Cl)cc2n1CCSC(F)(F)F. The van der Waals surface area contributed by atoms with Crippen molar-refractivity contribution in [2.45, 2.75) is 12.1 Å². The summed E-state index contributed by atoms with van der Waals surface area (Å²) in [5.74, 6) is 0.0705. The number of thioether (sulfide) groups is 1. The van der Waals surface area contributed by atoms with Crippen molar-refractivity contribution in [2.75, 3.05) is 11.5 Å². The maximum absolute atomic E-state index is 12.0. The van der Waals surface area contributed by atoms with Crippen molar-refractivity contribution < 1.29 is 13.2 Å². The molecule has 0 spiro atoms. The monoisotopic (exact) mass is 295 g/mol. The summed E-state index contributed by atoms with van der Waals surface area (Å²) in [7, 11) is 0. The van der Waals surface area contributed by atoms with Gasteiger partial charge in [0.25, 0.3) is 0 Å². The van der Waals surface area contributed by atoms with Crippen LogP contribution in [0.2, 0.25) is 5.02 Å². The lowest BCUT2D eigenvalue weighted by molar-refractivity contribution is -0.0328. The van der Waals surface area contributed by atoms with Gasteiger partial charge in [0.1, 0.15) is 0 Å². The number of aryl methyl sites for hydroxylation is 1. The highest BCUT2D eigenvalue weighted by Gasteiger charge is 2.27. The van der Waals surface area contributed by atoms with Crippen molar-refractivity contribution in [3.8, 4) is 0 Å². The fourth-order valence-electron chi connectivity index (χ4n) is 1.60. The quantitative estimate of drug-likeness (QED) is 0.942. The second-order valence-corrected chi connectivity index (χ2v) is 5.15. The molecule has 2 rings (SSSR count). The Hall–Kier alpha value is -1.08. The van der Waals surface area contributed by atoms with Crippen LogP contribution in [0.15, 0.2) is 18.2 Å². The van der Waals surface area contributed by atoms with Gasteiger partial charge in [0.15, 0.2) is 0 Å². The Kier molecular flexibility index (Phi) is 3.63. The van der Waals surface area contributed by atoms with Crippen LogP contribution in [0.5, 0.6) is 0 Å². The fourth-order valence-corrected chi connectivity index (χ4v) is 2.27. The molecule has 0 bridgehead atoms. The molecule has 18 heavy (non-hydrogen) atoms. The number of aromatic nitrogens is 2. The molecule has 98 valence electrons. The molecule has 8 heteroatoms. The number of nitrogen functional groups attached to an aromatic ring is 1. The zero-order valence-electron chi connectivity index (χ0n) is 9.04. The van der Waals surface area contributed by atoms with Crippen LogP contribution in [0.25, 0.3) is 11.0 Å². The van der Waals surface area contributed by atoms with E-state index in [0.717, 1.165) is 0 Å². The van der Waals surface area contributed by atoms with Crippen LogP contribution in [-0.2, 0) is 6.54 Å². The van der Waals surface area contributed by atoms with Crippen LogP contribution >= 0.6 is 23.4 Å². The van der Waals surface area contributed by atoms with Gasteiger partial charge in [-0.05, 0) is 30.0 Å². The van der Waals surface area contributed by atoms with Gasteiger partial charge in [0, 0.05) is 17.3 Å². The number of imidazole rings is 1. The molecule has 0 saturated heterocycles. The average molecular weight is 296 g/mol. The largest absolute Gasteiger partial charge is 0.441 e. The molecule has 1 aromatic carbocycles. The first-order chi connectivity index (χ1) is 8.37. The second-order valence-electron chi connectivity index (χ2n) is 3.55. The molecule has 0 atom stereocenters. The molecule has 0 aliphatic carbocycles. The maximum Gasteiger partial charge on any atom is 0.441 e. The van der Waals surface area contributed by atoms with Crippen molar-refractivity contribution in [3.05, 3.63) is 23.2 Å². The van der Waals surface area contributed by atoms with Gasteiger partial charge in [-0.3, -0.25) is 0 Å². The zero-order chi connectivity index (χ0) is 13.3. The Morgan fingerprint density at radius 1 is 1.39 bits per heavy atom. The minimum absolute atomic E-state index is 0.0839. The summed E-state index contributed by atoms with van der Waals surface area (Å²) in [5.41, 5.74) is 2.70. The molecular formula is C10H9ClF3N3S. The molecule has 2 N–H and O–H groups in total. The molecule has 3 nitrogen and oxygen atoms in total. The topological polar surface area (TPSA) is 43.8 Å². The van der Waals surface area contributed by atoms with Crippen LogP contribution in [0.1, 0.15) is 0 Å². The number of nitrogens with two attached hydrogens (primary N) is 1. The fraction of sp³-hybridized carbons (Fsp3) is 0.300. The number of halogens is 4. The molecule has 1 aromatic heterocycles. The third kappa shape index (κ3) is 3.02. The number of nitrogens with zero attached hydrogens (tertiary/aromatic N) is 2.